The van der Waals surface area contributed by atoms with Crippen LogP contribution in [0.5, 0.6) is 0 Å². The maximum atomic E-state index is 12.1. The van der Waals surface area contributed by atoms with E-state index >= 15 is 0 Å². The molecule has 0 bridgehead atoms. The molecule has 0 amide bonds. The number of hydrogen-bond acceptors (Lipinski definition) is 2. The van der Waals surface area contributed by atoms with Gasteiger partial charge in [-0.25, -0.2) is 0 Å². The van der Waals surface area contributed by atoms with E-state index in [2.05, 4.69) is 15.9 Å². The molecule has 0 fully saturated rings. The van der Waals surface area contributed by atoms with Crippen molar-refractivity contribution < 1.29 is 21.6 Å². The minimum atomic E-state index is -4.54. The number of rotatable bonds is 5. The highest BCUT2D eigenvalue weighted by Crippen LogP contribution is 2.19. The predicted octanol–water partition coefficient (Wildman–Crippen LogP) is 1.05. The van der Waals surface area contributed by atoms with Crippen LogP contribution in [0.15, 0.2) is 0 Å². The molecule has 0 heterocycles. The molecule has 0 spiro atoms. The Balaban J connectivity index is 4.83. The zero-order valence-electron chi connectivity index (χ0n) is 8.25. The SMILES string of the molecule is CN(C)S(=O)(=O)N(CCBr)CC(F)(F)F. The van der Waals surface area contributed by atoms with Crippen LogP contribution in [0.2, 0.25) is 0 Å². The van der Waals surface area contributed by atoms with Crippen LogP contribution in [-0.2, 0) is 10.2 Å². The second-order valence-electron chi connectivity index (χ2n) is 2.93. The monoisotopic (exact) mass is 312 g/mol. The van der Waals surface area contributed by atoms with Gasteiger partial charge in [0.05, 0.1) is 0 Å². The van der Waals surface area contributed by atoms with Gasteiger partial charge in [0.15, 0.2) is 0 Å². The minimum Gasteiger partial charge on any atom is -0.195 e. The maximum absolute atomic E-state index is 12.1. The van der Waals surface area contributed by atoms with Gasteiger partial charge in [-0.1, -0.05) is 15.9 Å². The van der Waals surface area contributed by atoms with E-state index in [-0.39, 0.29) is 11.9 Å². The maximum Gasteiger partial charge on any atom is 0.402 e. The predicted molar refractivity (Wildman–Crippen MR) is 54.0 cm³/mol. The third kappa shape index (κ3) is 5.14. The van der Waals surface area contributed by atoms with Crippen molar-refractivity contribution in [2.24, 2.45) is 0 Å². The smallest absolute Gasteiger partial charge is 0.195 e. The van der Waals surface area contributed by atoms with E-state index in [1.165, 1.54) is 14.1 Å². The van der Waals surface area contributed by atoms with Gasteiger partial charge in [0.1, 0.15) is 6.54 Å². The molecular weight excluding hydrogens is 301 g/mol. The van der Waals surface area contributed by atoms with Crippen LogP contribution in [0.25, 0.3) is 0 Å². The molecule has 0 radical (unpaired) electrons. The molecule has 0 aliphatic heterocycles. The number of halogens is 4. The molecule has 0 saturated carbocycles. The van der Waals surface area contributed by atoms with Gasteiger partial charge in [-0.05, 0) is 0 Å². The molecule has 0 rings (SSSR count). The average molecular weight is 313 g/mol. The van der Waals surface area contributed by atoms with Gasteiger partial charge in [0.2, 0.25) is 0 Å². The van der Waals surface area contributed by atoms with Crippen molar-refractivity contribution in [3.05, 3.63) is 0 Å². The second-order valence-corrected chi connectivity index (χ2v) is 5.86. The molecule has 0 aromatic carbocycles. The van der Waals surface area contributed by atoms with E-state index in [4.69, 9.17) is 0 Å². The summed E-state index contributed by atoms with van der Waals surface area (Å²) in [7, 11) is -1.64. The molecule has 0 aromatic heterocycles. The van der Waals surface area contributed by atoms with E-state index in [1.807, 2.05) is 0 Å². The first kappa shape index (κ1) is 15.1. The summed E-state index contributed by atoms with van der Waals surface area (Å²) < 4.78 is 60.2. The average Bonchev–Trinajstić information content (AvgIpc) is 2.00. The Bertz CT molecular complexity index is 291. The van der Waals surface area contributed by atoms with Crippen LogP contribution in [-0.4, -0.2) is 55.7 Å². The molecule has 0 aromatic rings. The third-order valence-corrected chi connectivity index (χ3v) is 3.72. The fourth-order valence-electron chi connectivity index (χ4n) is 0.801. The lowest BCUT2D eigenvalue weighted by Gasteiger charge is -2.25. The molecule has 92 valence electrons. The molecule has 0 saturated heterocycles. The van der Waals surface area contributed by atoms with Gasteiger partial charge in [0, 0.05) is 26.0 Å². The molecule has 4 nitrogen and oxygen atoms in total. The number of nitrogens with zero attached hydrogens (tertiary/aromatic N) is 2. The first-order chi connectivity index (χ1) is 6.61. The van der Waals surface area contributed by atoms with Gasteiger partial charge >= 0.3 is 6.18 Å². The van der Waals surface area contributed by atoms with Crippen LogP contribution in [0.4, 0.5) is 13.2 Å². The van der Waals surface area contributed by atoms with Crippen molar-refractivity contribution in [1.82, 2.24) is 8.61 Å². The molecular formula is C6H12BrF3N2O2S. The molecule has 9 heteroatoms. The highest BCUT2D eigenvalue weighted by Gasteiger charge is 2.36. The van der Waals surface area contributed by atoms with Crippen molar-refractivity contribution in [2.45, 2.75) is 6.18 Å². The Morgan fingerprint density at radius 1 is 1.27 bits per heavy atom. The first-order valence-corrected chi connectivity index (χ1v) is 6.43. The third-order valence-electron chi connectivity index (χ3n) is 1.48. The van der Waals surface area contributed by atoms with Gasteiger partial charge in [-0.3, -0.25) is 0 Å². The molecule has 15 heavy (non-hydrogen) atoms. The zero-order valence-corrected chi connectivity index (χ0v) is 10.7. The topological polar surface area (TPSA) is 40.6 Å². The summed E-state index contributed by atoms with van der Waals surface area (Å²) in [6.07, 6.45) is -4.54. The molecule has 0 aliphatic rings. The Hall–Kier alpha value is 0.140. The van der Waals surface area contributed by atoms with Gasteiger partial charge in [-0.2, -0.15) is 30.2 Å². The fraction of sp³-hybridized carbons (Fsp3) is 1.00. The van der Waals surface area contributed by atoms with Crippen LogP contribution >= 0.6 is 15.9 Å². The fourth-order valence-corrected chi connectivity index (χ4v) is 2.56. The summed E-state index contributed by atoms with van der Waals surface area (Å²) in [5.74, 6) is 0. The van der Waals surface area contributed by atoms with Crippen molar-refractivity contribution >= 4 is 26.1 Å². The van der Waals surface area contributed by atoms with Crippen LogP contribution in [0.1, 0.15) is 0 Å². The molecule has 0 aliphatic carbocycles. The second kappa shape index (κ2) is 5.46. The summed E-state index contributed by atoms with van der Waals surface area (Å²) in [4.78, 5) is 0. The number of alkyl halides is 4. The quantitative estimate of drug-likeness (QED) is 0.712. The molecule has 0 unspecified atom stereocenters. The van der Waals surface area contributed by atoms with Crippen molar-refractivity contribution in [3.8, 4) is 0 Å². The Morgan fingerprint density at radius 3 is 2.00 bits per heavy atom. The van der Waals surface area contributed by atoms with Crippen LogP contribution < -0.4 is 0 Å². The number of hydrogen-bond donors (Lipinski definition) is 0. The van der Waals surface area contributed by atoms with Crippen molar-refractivity contribution in [2.75, 3.05) is 32.5 Å². The van der Waals surface area contributed by atoms with Gasteiger partial charge in [0.25, 0.3) is 10.2 Å². The lowest BCUT2D eigenvalue weighted by molar-refractivity contribution is -0.136. The molecule has 0 atom stereocenters. The standard InChI is InChI=1S/C6H12BrF3N2O2S/c1-11(2)15(13,14)12(4-3-7)5-6(8,9)10/h3-5H2,1-2H3. The Kier molecular flexibility index (Phi) is 5.51. The van der Waals surface area contributed by atoms with E-state index in [0.29, 0.717) is 4.31 Å². The Labute approximate surface area is 95.3 Å². The van der Waals surface area contributed by atoms with E-state index in [1.54, 1.807) is 0 Å². The largest absolute Gasteiger partial charge is 0.402 e. The minimum absolute atomic E-state index is 0.149. The summed E-state index contributed by atoms with van der Waals surface area (Å²) in [5.41, 5.74) is 0. The summed E-state index contributed by atoms with van der Waals surface area (Å²) >= 11 is 2.91. The van der Waals surface area contributed by atoms with Crippen LogP contribution in [0.3, 0.4) is 0 Å². The zero-order chi connectivity index (χ0) is 12.3. The van der Waals surface area contributed by atoms with Crippen LogP contribution in [0, 0.1) is 0 Å². The van der Waals surface area contributed by atoms with Gasteiger partial charge < -0.3 is 0 Å². The molecule has 0 N–H and O–H groups in total. The highest BCUT2D eigenvalue weighted by molar-refractivity contribution is 9.09. The van der Waals surface area contributed by atoms with E-state index in [0.717, 1.165) is 4.31 Å². The summed E-state index contributed by atoms with van der Waals surface area (Å²) in [6, 6.07) is 0. The lowest BCUT2D eigenvalue weighted by Crippen LogP contribution is -2.45. The highest BCUT2D eigenvalue weighted by atomic mass is 79.9. The lowest BCUT2D eigenvalue weighted by atomic mass is 10.6. The van der Waals surface area contributed by atoms with Crippen molar-refractivity contribution in [1.29, 1.82) is 0 Å². The first-order valence-electron chi connectivity index (χ1n) is 3.91. The van der Waals surface area contributed by atoms with E-state index in [9.17, 15) is 21.6 Å². The van der Waals surface area contributed by atoms with E-state index < -0.39 is 22.9 Å². The van der Waals surface area contributed by atoms with Crippen molar-refractivity contribution in [3.63, 3.8) is 0 Å². The normalized spacial score (nSPS) is 13.9. The summed E-state index contributed by atoms with van der Waals surface area (Å²) in [6.45, 7) is -1.70. The van der Waals surface area contributed by atoms with Gasteiger partial charge in [-0.15, -0.1) is 0 Å². The summed E-state index contributed by atoms with van der Waals surface area (Å²) in [5, 5.41) is 0.149. The Morgan fingerprint density at radius 2 is 1.73 bits per heavy atom.